The molecule has 0 atom stereocenters. The third-order valence-corrected chi connectivity index (χ3v) is 5.42. The lowest BCUT2D eigenvalue weighted by Crippen LogP contribution is -1.98. The van der Waals surface area contributed by atoms with Gasteiger partial charge in [0.05, 0.1) is 24.6 Å². The summed E-state index contributed by atoms with van der Waals surface area (Å²) in [6.45, 7) is 5.10. The summed E-state index contributed by atoms with van der Waals surface area (Å²) in [7, 11) is 1.70. The average molecular weight is 367 g/mol. The maximum Gasteiger partial charge on any atom is 0.152 e. The van der Waals surface area contributed by atoms with Crippen LogP contribution >= 0.6 is 11.3 Å². The Morgan fingerprint density at radius 3 is 2.92 bits per heavy atom. The third-order valence-electron chi connectivity index (χ3n) is 4.24. The van der Waals surface area contributed by atoms with Crippen LogP contribution in [-0.4, -0.2) is 28.3 Å². The molecular formula is C19H19N4O2S. The molecule has 4 rings (SSSR count). The fourth-order valence-corrected chi connectivity index (χ4v) is 4.33. The monoisotopic (exact) mass is 367 g/mol. The second-order valence-electron chi connectivity index (χ2n) is 6.00. The Labute approximate surface area is 155 Å². The summed E-state index contributed by atoms with van der Waals surface area (Å²) in [5.74, 6) is 1.30. The lowest BCUT2D eigenvalue weighted by atomic mass is 10.1. The van der Waals surface area contributed by atoms with Crippen LogP contribution < -0.4 is 10.5 Å². The highest BCUT2D eigenvalue weighted by atomic mass is 32.1. The highest BCUT2D eigenvalue weighted by Gasteiger charge is 2.20. The van der Waals surface area contributed by atoms with Crippen molar-refractivity contribution >= 4 is 32.8 Å². The number of ether oxygens (including phenoxy) is 2. The average Bonchev–Trinajstić information content (AvgIpc) is 3.20. The Morgan fingerprint density at radius 2 is 2.15 bits per heavy atom. The van der Waals surface area contributed by atoms with Gasteiger partial charge in [0.25, 0.3) is 0 Å². The number of rotatable bonds is 5. The van der Waals surface area contributed by atoms with E-state index >= 15 is 0 Å². The molecule has 26 heavy (non-hydrogen) atoms. The van der Waals surface area contributed by atoms with Crippen molar-refractivity contribution in [1.82, 2.24) is 14.6 Å². The van der Waals surface area contributed by atoms with Crippen molar-refractivity contribution in [2.45, 2.75) is 20.5 Å². The van der Waals surface area contributed by atoms with E-state index in [0.29, 0.717) is 19.0 Å². The molecule has 0 amide bonds. The van der Waals surface area contributed by atoms with E-state index in [1.165, 1.54) is 6.33 Å². The van der Waals surface area contributed by atoms with Crippen molar-refractivity contribution in [3.63, 3.8) is 0 Å². The van der Waals surface area contributed by atoms with Crippen LogP contribution in [0.1, 0.15) is 18.1 Å². The summed E-state index contributed by atoms with van der Waals surface area (Å²) in [5, 5.41) is 5.39. The van der Waals surface area contributed by atoms with Gasteiger partial charge in [-0.05, 0) is 36.9 Å². The molecule has 4 aromatic rings. The first-order chi connectivity index (χ1) is 12.6. The number of thiophene rings is 1. The van der Waals surface area contributed by atoms with Gasteiger partial charge in [-0.15, -0.1) is 11.3 Å². The third kappa shape index (κ3) is 2.69. The van der Waals surface area contributed by atoms with E-state index in [9.17, 15) is 0 Å². The van der Waals surface area contributed by atoms with Gasteiger partial charge in [0.2, 0.25) is 0 Å². The quantitative estimate of drug-likeness (QED) is 0.580. The second kappa shape index (κ2) is 6.59. The van der Waals surface area contributed by atoms with Crippen LogP contribution in [0.15, 0.2) is 24.5 Å². The lowest BCUT2D eigenvalue weighted by Gasteiger charge is -2.03. The summed E-state index contributed by atoms with van der Waals surface area (Å²) in [4.78, 5) is 5.22. The minimum atomic E-state index is 0.426. The number of nitrogen functional groups attached to an aromatic ring is 1. The van der Waals surface area contributed by atoms with Crippen molar-refractivity contribution in [3.05, 3.63) is 41.9 Å². The van der Waals surface area contributed by atoms with Crippen LogP contribution in [0.2, 0.25) is 0 Å². The molecule has 1 aromatic carbocycles. The molecule has 0 aliphatic rings. The van der Waals surface area contributed by atoms with Gasteiger partial charge >= 0.3 is 0 Å². The van der Waals surface area contributed by atoms with Crippen LogP contribution in [0.25, 0.3) is 26.0 Å². The standard InChI is InChI=1S/C19H19N4O2S/c1-4-25-9-13-8-23-17(19(20)21-10-22-23)16(13)15-7-12-5-11(2)6-14(24-3)18(12)26-15/h5-7,10H,4,9H2,1-3H3,(H2,20,21,22). The molecule has 133 valence electrons. The van der Waals surface area contributed by atoms with E-state index in [1.807, 2.05) is 13.0 Å². The molecule has 3 aromatic heterocycles. The van der Waals surface area contributed by atoms with E-state index in [0.717, 1.165) is 42.9 Å². The predicted octanol–water partition coefficient (Wildman–Crippen LogP) is 3.85. The Kier molecular flexibility index (Phi) is 4.26. The van der Waals surface area contributed by atoms with Crippen LogP contribution in [0.5, 0.6) is 5.75 Å². The van der Waals surface area contributed by atoms with Crippen LogP contribution in [-0.2, 0) is 11.3 Å². The van der Waals surface area contributed by atoms with Gasteiger partial charge in [-0.25, -0.2) is 9.50 Å². The maximum absolute atomic E-state index is 6.16. The van der Waals surface area contributed by atoms with Crippen LogP contribution in [0.4, 0.5) is 5.82 Å². The number of hydrogen-bond acceptors (Lipinski definition) is 6. The number of nitrogens with zero attached hydrogens (tertiary/aromatic N) is 3. The van der Waals surface area contributed by atoms with E-state index in [2.05, 4.69) is 35.3 Å². The molecule has 0 saturated carbocycles. The molecule has 6 nitrogen and oxygen atoms in total. The summed E-state index contributed by atoms with van der Waals surface area (Å²) in [5.41, 5.74) is 9.96. The number of methoxy groups -OCH3 is 1. The number of aromatic nitrogens is 3. The summed E-state index contributed by atoms with van der Waals surface area (Å²) < 4.78 is 14.0. The topological polar surface area (TPSA) is 74.7 Å². The number of benzene rings is 1. The van der Waals surface area contributed by atoms with Gasteiger partial charge in [-0.1, -0.05) is 6.07 Å². The molecule has 0 fully saturated rings. The van der Waals surface area contributed by atoms with Crippen molar-refractivity contribution in [2.24, 2.45) is 0 Å². The maximum atomic E-state index is 6.16. The molecule has 1 radical (unpaired) electrons. The zero-order valence-electron chi connectivity index (χ0n) is 14.9. The zero-order valence-corrected chi connectivity index (χ0v) is 15.7. The molecule has 7 heteroatoms. The first kappa shape index (κ1) is 16.8. The van der Waals surface area contributed by atoms with Crippen molar-refractivity contribution in [2.75, 3.05) is 19.5 Å². The van der Waals surface area contributed by atoms with Crippen molar-refractivity contribution in [3.8, 4) is 16.2 Å². The van der Waals surface area contributed by atoms with Gasteiger partial charge in [0, 0.05) is 22.6 Å². The zero-order chi connectivity index (χ0) is 18.3. The molecule has 0 aliphatic carbocycles. The molecule has 2 N–H and O–H groups in total. The number of nitrogens with two attached hydrogens (primary N) is 1. The highest BCUT2D eigenvalue weighted by Crippen LogP contribution is 2.43. The highest BCUT2D eigenvalue weighted by molar-refractivity contribution is 7.22. The minimum Gasteiger partial charge on any atom is -0.495 e. The van der Waals surface area contributed by atoms with Crippen LogP contribution in [0.3, 0.4) is 0 Å². The number of hydrogen-bond donors (Lipinski definition) is 1. The summed E-state index contributed by atoms with van der Waals surface area (Å²) in [6.07, 6.45) is 4.69. The summed E-state index contributed by atoms with van der Waals surface area (Å²) in [6, 6.07) is 6.35. The number of anilines is 1. The molecule has 0 bridgehead atoms. The molecule has 0 saturated heterocycles. The van der Waals surface area contributed by atoms with Gasteiger partial charge in [0.1, 0.15) is 17.6 Å². The van der Waals surface area contributed by atoms with E-state index < -0.39 is 0 Å². The van der Waals surface area contributed by atoms with Gasteiger partial charge in [-0.3, -0.25) is 0 Å². The Hall–Kier alpha value is -2.64. The minimum absolute atomic E-state index is 0.426. The summed E-state index contributed by atoms with van der Waals surface area (Å²) >= 11 is 1.66. The lowest BCUT2D eigenvalue weighted by molar-refractivity contribution is 0.134. The Balaban J connectivity index is 1.99. The van der Waals surface area contributed by atoms with E-state index in [4.69, 9.17) is 15.2 Å². The first-order valence-electron chi connectivity index (χ1n) is 8.32. The van der Waals surface area contributed by atoms with E-state index in [-0.39, 0.29) is 0 Å². The SMILES string of the molecule is CCOCc1[c]n2ncnc(N)c2c1-c1cc2cc(C)cc(OC)c2s1. The van der Waals surface area contributed by atoms with Crippen molar-refractivity contribution < 1.29 is 9.47 Å². The van der Waals surface area contributed by atoms with Gasteiger partial charge in [0.15, 0.2) is 5.82 Å². The molecule has 3 heterocycles. The predicted molar refractivity (Wildman–Crippen MR) is 104 cm³/mol. The largest absolute Gasteiger partial charge is 0.495 e. The van der Waals surface area contributed by atoms with E-state index in [1.54, 1.807) is 23.0 Å². The number of fused-ring (bicyclic) bond motifs is 2. The molecule has 0 spiro atoms. The molecular weight excluding hydrogens is 348 g/mol. The second-order valence-corrected chi connectivity index (χ2v) is 7.06. The van der Waals surface area contributed by atoms with Crippen molar-refractivity contribution in [1.29, 1.82) is 0 Å². The fraction of sp³-hybridized carbons (Fsp3) is 0.263. The Bertz CT molecular complexity index is 1100. The normalized spacial score (nSPS) is 11.5. The van der Waals surface area contributed by atoms with Crippen LogP contribution in [0, 0.1) is 13.1 Å². The van der Waals surface area contributed by atoms with Gasteiger partial charge in [-0.2, -0.15) is 5.10 Å². The Morgan fingerprint density at radius 1 is 1.31 bits per heavy atom. The number of aryl methyl sites for hydroxylation is 1. The first-order valence-corrected chi connectivity index (χ1v) is 9.13. The smallest absolute Gasteiger partial charge is 0.152 e. The van der Waals surface area contributed by atoms with Gasteiger partial charge < -0.3 is 15.2 Å². The fourth-order valence-electron chi connectivity index (χ4n) is 3.13. The molecule has 0 aliphatic heterocycles. The molecule has 0 unspecified atom stereocenters.